The highest BCUT2D eigenvalue weighted by molar-refractivity contribution is 5.99. The molecule has 2 atom stereocenters. The van der Waals surface area contributed by atoms with Crippen LogP contribution >= 0.6 is 0 Å². The summed E-state index contributed by atoms with van der Waals surface area (Å²) in [6.45, 7) is 0.179. The molecule has 0 aliphatic rings. The normalized spacial score (nSPS) is 13.0. The number of nitrogens with one attached hydrogen (secondary N) is 4. The number of H-pyrrole nitrogens is 2. The van der Waals surface area contributed by atoms with Crippen LogP contribution in [-0.2, 0) is 4.79 Å². The Hall–Kier alpha value is -4.02. The molecule has 0 bridgehead atoms. The summed E-state index contributed by atoms with van der Waals surface area (Å²) in [6.07, 6.45) is -1.70. The minimum atomic E-state index is -0.966. The van der Waals surface area contributed by atoms with Gasteiger partial charge in [-0.2, -0.15) is 0 Å². The van der Waals surface area contributed by atoms with Crippen LogP contribution in [0.4, 0.5) is 4.39 Å². The fraction of sp³-hybridized carbons (Fsp3) is 0.269. The summed E-state index contributed by atoms with van der Waals surface area (Å²) < 4.78 is 14.2. The van der Waals surface area contributed by atoms with Gasteiger partial charge in [0.2, 0.25) is 5.91 Å². The van der Waals surface area contributed by atoms with Gasteiger partial charge in [-0.05, 0) is 49.2 Å². The topological polar surface area (TPSA) is 147 Å². The van der Waals surface area contributed by atoms with Crippen LogP contribution in [0.2, 0.25) is 0 Å². The molecular formula is C26H27FN4O5. The van der Waals surface area contributed by atoms with Crippen LogP contribution < -0.4 is 16.2 Å². The van der Waals surface area contributed by atoms with Gasteiger partial charge in [-0.25, -0.2) is 4.39 Å². The molecule has 0 fully saturated rings. The molecule has 0 spiro atoms. The lowest BCUT2D eigenvalue weighted by Crippen LogP contribution is -2.30. The van der Waals surface area contributed by atoms with Crippen molar-refractivity contribution in [2.45, 2.75) is 31.5 Å². The molecular weight excluding hydrogens is 467 g/mol. The zero-order valence-corrected chi connectivity index (χ0v) is 19.6. The summed E-state index contributed by atoms with van der Waals surface area (Å²) in [5.41, 5.74) is 1.82. The van der Waals surface area contributed by atoms with E-state index in [0.717, 1.165) is 5.39 Å². The van der Waals surface area contributed by atoms with Crippen molar-refractivity contribution in [2.75, 3.05) is 13.6 Å². The van der Waals surface area contributed by atoms with Crippen molar-refractivity contribution in [3.05, 3.63) is 70.3 Å². The van der Waals surface area contributed by atoms with Gasteiger partial charge in [0, 0.05) is 35.4 Å². The molecule has 10 heteroatoms. The van der Waals surface area contributed by atoms with E-state index >= 15 is 0 Å². The van der Waals surface area contributed by atoms with Crippen LogP contribution in [0.3, 0.4) is 0 Å². The van der Waals surface area contributed by atoms with Crippen LogP contribution in [0, 0.1) is 5.82 Å². The summed E-state index contributed by atoms with van der Waals surface area (Å²) >= 11 is 0. The lowest BCUT2D eigenvalue weighted by Gasteiger charge is -2.15. The summed E-state index contributed by atoms with van der Waals surface area (Å²) in [4.78, 5) is 42.3. The molecule has 9 nitrogen and oxygen atoms in total. The first-order valence-electron chi connectivity index (χ1n) is 11.5. The maximum absolute atomic E-state index is 14.2. The van der Waals surface area contributed by atoms with Crippen molar-refractivity contribution in [2.24, 2.45) is 0 Å². The summed E-state index contributed by atoms with van der Waals surface area (Å²) in [5, 5.41) is 26.1. The Morgan fingerprint density at radius 3 is 2.61 bits per heavy atom. The van der Waals surface area contributed by atoms with E-state index in [1.165, 1.54) is 25.2 Å². The zero-order valence-electron chi connectivity index (χ0n) is 19.6. The number of hydrogen-bond acceptors (Lipinski definition) is 5. The molecule has 2 unspecified atom stereocenters. The largest absolute Gasteiger partial charge is 0.393 e. The van der Waals surface area contributed by atoms with E-state index in [-0.39, 0.29) is 48.7 Å². The molecule has 4 aromatic rings. The van der Waals surface area contributed by atoms with E-state index in [1.807, 2.05) is 0 Å². The zero-order chi connectivity index (χ0) is 25.8. The molecule has 0 saturated heterocycles. The van der Waals surface area contributed by atoms with Crippen molar-refractivity contribution in [3.63, 3.8) is 0 Å². The number of aliphatic hydroxyl groups is 2. The Morgan fingerprint density at radius 2 is 1.83 bits per heavy atom. The number of aromatic nitrogens is 2. The van der Waals surface area contributed by atoms with E-state index in [0.29, 0.717) is 27.7 Å². The molecule has 2 heterocycles. The van der Waals surface area contributed by atoms with Gasteiger partial charge in [0.1, 0.15) is 5.82 Å². The molecule has 0 radical (unpaired) electrons. The molecule has 0 aliphatic heterocycles. The molecule has 2 aromatic heterocycles. The Bertz CT molecular complexity index is 1480. The Kier molecular flexibility index (Phi) is 7.47. The number of benzene rings is 2. The average Bonchev–Trinajstić information content (AvgIpc) is 3.26. The van der Waals surface area contributed by atoms with Crippen molar-refractivity contribution in [3.8, 4) is 11.3 Å². The third-order valence-electron chi connectivity index (χ3n) is 6.02. The van der Waals surface area contributed by atoms with Gasteiger partial charge in [-0.1, -0.05) is 12.1 Å². The molecule has 36 heavy (non-hydrogen) atoms. The van der Waals surface area contributed by atoms with Crippen LogP contribution in [-0.4, -0.2) is 57.8 Å². The lowest BCUT2D eigenvalue weighted by atomic mass is 10.1. The SMILES string of the molecule is CNC(=O)CC(O)CC(O)CCNC(=O)c1ccc2cc(-c3cc4c(F)cccc4[nH]c3=O)[nH]c2c1. The number of amides is 2. The second-order valence-electron chi connectivity index (χ2n) is 8.66. The molecule has 4 rings (SSSR count). The quantitative estimate of drug-likeness (QED) is 0.211. The minimum absolute atomic E-state index is 0.0261. The van der Waals surface area contributed by atoms with Gasteiger partial charge < -0.3 is 30.8 Å². The molecule has 6 N–H and O–H groups in total. The van der Waals surface area contributed by atoms with Crippen LogP contribution in [0.5, 0.6) is 0 Å². The molecule has 0 aliphatic carbocycles. The number of rotatable bonds is 9. The van der Waals surface area contributed by atoms with Gasteiger partial charge in [0.05, 0.1) is 35.4 Å². The highest BCUT2D eigenvalue weighted by Crippen LogP contribution is 2.25. The number of halogens is 1. The van der Waals surface area contributed by atoms with Gasteiger partial charge in [-0.3, -0.25) is 14.4 Å². The van der Waals surface area contributed by atoms with E-state index in [9.17, 15) is 29.0 Å². The van der Waals surface area contributed by atoms with Gasteiger partial charge in [0.25, 0.3) is 11.5 Å². The second-order valence-corrected chi connectivity index (χ2v) is 8.66. The first-order chi connectivity index (χ1) is 17.2. The van der Waals surface area contributed by atoms with E-state index in [1.54, 1.807) is 30.3 Å². The van der Waals surface area contributed by atoms with E-state index < -0.39 is 18.0 Å². The van der Waals surface area contributed by atoms with Crippen molar-refractivity contribution < 1.29 is 24.2 Å². The molecule has 2 aromatic carbocycles. The first kappa shape index (κ1) is 25.1. The van der Waals surface area contributed by atoms with Crippen LogP contribution in [0.1, 0.15) is 29.6 Å². The minimum Gasteiger partial charge on any atom is -0.393 e. The highest BCUT2D eigenvalue weighted by atomic mass is 19.1. The van der Waals surface area contributed by atoms with Crippen molar-refractivity contribution in [1.82, 2.24) is 20.6 Å². The molecule has 2 amide bonds. The fourth-order valence-electron chi connectivity index (χ4n) is 4.09. The summed E-state index contributed by atoms with van der Waals surface area (Å²) in [6, 6.07) is 12.8. The number of aromatic amines is 2. The lowest BCUT2D eigenvalue weighted by molar-refractivity contribution is -0.122. The average molecular weight is 495 g/mol. The number of hydrogen-bond donors (Lipinski definition) is 6. The predicted molar refractivity (Wildman–Crippen MR) is 134 cm³/mol. The third-order valence-corrected chi connectivity index (χ3v) is 6.02. The van der Waals surface area contributed by atoms with Gasteiger partial charge in [-0.15, -0.1) is 0 Å². The Morgan fingerprint density at radius 1 is 1.03 bits per heavy atom. The molecule has 188 valence electrons. The Balaban J connectivity index is 1.43. The van der Waals surface area contributed by atoms with Crippen LogP contribution in [0.25, 0.3) is 33.1 Å². The monoisotopic (exact) mass is 494 g/mol. The summed E-state index contributed by atoms with van der Waals surface area (Å²) in [5.74, 6) is -1.11. The van der Waals surface area contributed by atoms with Gasteiger partial charge in [0.15, 0.2) is 0 Å². The van der Waals surface area contributed by atoms with Crippen LogP contribution in [0.15, 0.2) is 53.3 Å². The maximum Gasteiger partial charge on any atom is 0.257 e. The van der Waals surface area contributed by atoms with Gasteiger partial charge >= 0.3 is 0 Å². The number of carbonyl (C=O) groups excluding carboxylic acids is 2. The maximum atomic E-state index is 14.2. The highest BCUT2D eigenvalue weighted by Gasteiger charge is 2.16. The standard InChI is InChI=1S/C26H27FN4O5/c1-28-24(34)12-17(33)11-16(32)7-8-29-25(35)15-6-5-14-9-23(30-22(14)10-15)19-13-18-20(27)3-2-4-21(18)31-26(19)36/h2-6,9-10,13,16-17,30,32-33H,7-8,11-12H2,1H3,(H,28,34)(H,29,35)(H,31,36). The third kappa shape index (κ3) is 5.61. The first-order valence-corrected chi connectivity index (χ1v) is 11.5. The second kappa shape index (κ2) is 10.7. The number of aliphatic hydroxyl groups excluding tert-OH is 2. The Labute approximate surface area is 205 Å². The number of carbonyl (C=O) groups is 2. The smallest absolute Gasteiger partial charge is 0.257 e. The van der Waals surface area contributed by atoms with E-state index in [2.05, 4.69) is 20.6 Å². The van der Waals surface area contributed by atoms with E-state index in [4.69, 9.17) is 0 Å². The number of fused-ring (bicyclic) bond motifs is 2. The summed E-state index contributed by atoms with van der Waals surface area (Å²) in [7, 11) is 1.47. The predicted octanol–water partition coefficient (Wildman–Crippen LogP) is 2.18. The van der Waals surface area contributed by atoms with Crippen molar-refractivity contribution >= 4 is 33.6 Å². The van der Waals surface area contributed by atoms with Crippen molar-refractivity contribution in [1.29, 1.82) is 0 Å². The molecule has 0 saturated carbocycles. The fourth-order valence-corrected chi connectivity index (χ4v) is 4.09. The number of pyridine rings is 1.